The highest BCUT2D eigenvalue weighted by molar-refractivity contribution is 6.38. The van der Waals surface area contributed by atoms with E-state index in [4.69, 9.17) is 0 Å². The summed E-state index contributed by atoms with van der Waals surface area (Å²) in [4.78, 5) is 49.3. The molecule has 0 aliphatic carbocycles. The number of Topliss-reactive ketones (excluding diaryl/α,β-unsaturated/α-hetero) is 1. The smallest absolute Gasteiger partial charge is 0.289 e. The number of carbonyl (C=O) groups excluding carboxylic acids is 4. The molecule has 3 atom stereocenters. The maximum Gasteiger partial charge on any atom is 0.289 e. The first-order valence-electron chi connectivity index (χ1n) is 10.3. The monoisotopic (exact) mass is 396 g/mol. The fraction of sp³-hybridized carbons (Fsp3) is 0.800. The second-order valence-corrected chi connectivity index (χ2v) is 8.22. The number of amides is 3. The van der Waals surface area contributed by atoms with Crippen LogP contribution in [0.2, 0.25) is 0 Å². The number of ketones is 1. The van der Waals surface area contributed by atoms with E-state index in [2.05, 4.69) is 35.1 Å². The Bertz CT molecular complexity index is 562. The van der Waals surface area contributed by atoms with Crippen molar-refractivity contribution in [2.24, 2.45) is 11.8 Å². The molecule has 0 saturated carbocycles. The van der Waals surface area contributed by atoms with Gasteiger partial charge in [0.1, 0.15) is 0 Å². The van der Waals surface area contributed by atoms with Crippen LogP contribution in [0.15, 0.2) is 0 Å². The molecule has 3 amide bonds. The van der Waals surface area contributed by atoms with Crippen LogP contribution < -0.4 is 21.3 Å². The predicted molar refractivity (Wildman–Crippen MR) is 107 cm³/mol. The Balaban J connectivity index is 2.79. The fourth-order valence-corrected chi connectivity index (χ4v) is 3.23. The SMILES string of the molecule is CNC(CCC(C)C)C(=O)NC(CCC1CCNC1=O)C(=O)C(=O)NC(C)C. The van der Waals surface area contributed by atoms with Crippen molar-refractivity contribution in [2.45, 2.75) is 77.9 Å². The van der Waals surface area contributed by atoms with Crippen LogP contribution in [0.3, 0.4) is 0 Å². The average Bonchev–Trinajstić information content (AvgIpc) is 3.02. The summed E-state index contributed by atoms with van der Waals surface area (Å²) in [6.07, 6.45) is 2.93. The van der Waals surface area contributed by atoms with Crippen molar-refractivity contribution in [2.75, 3.05) is 13.6 Å². The third kappa shape index (κ3) is 7.96. The van der Waals surface area contributed by atoms with Crippen LogP contribution in [0.1, 0.15) is 59.8 Å². The van der Waals surface area contributed by atoms with E-state index < -0.39 is 23.8 Å². The third-order valence-electron chi connectivity index (χ3n) is 4.94. The first kappa shape index (κ1) is 24.1. The lowest BCUT2D eigenvalue weighted by Crippen LogP contribution is -2.53. The Morgan fingerprint density at radius 1 is 1.04 bits per heavy atom. The number of carbonyl (C=O) groups is 4. The first-order chi connectivity index (χ1) is 13.1. The minimum absolute atomic E-state index is 0.0332. The molecule has 1 aliphatic heterocycles. The topological polar surface area (TPSA) is 116 Å². The number of likely N-dealkylation sites (N-methyl/N-ethyl adjacent to an activating group) is 1. The predicted octanol–water partition coefficient (Wildman–Crippen LogP) is 0.505. The van der Waals surface area contributed by atoms with Crippen molar-refractivity contribution in [3.63, 3.8) is 0 Å². The maximum atomic E-state index is 12.7. The van der Waals surface area contributed by atoms with Crippen molar-refractivity contribution in [3.05, 3.63) is 0 Å². The molecule has 1 fully saturated rings. The fourth-order valence-electron chi connectivity index (χ4n) is 3.23. The van der Waals surface area contributed by atoms with E-state index in [0.29, 0.717) is 31.7 Å². The van der Waals surface area contributed by atoms with Gasteiger partial charge in [0.25, 0.3) is 5.91 Å². The van der Waals surface area contributed by atoms with Gasteiger partial charge in [-0.05, 0) is 58.9 Å². The summed E-state index contributed by atoms with van der Waals surface area (Å²) in [6, 6.07) is -1.54. The molecule has 1 aliphatic rings. The van der Waals surface area contributed by atoms with E-state index >= 15 is 0 Å². The zero-order chi connectivity index (χ0) is 21.3. The van der Waals surface area contributed by atoms with Gasteiger partial charge in [-0.2, -0.15) is 0 Å². The highest BCUT2D eigenvalue weighted by Gasteiger charge is 2.32. The second-order valence-electron chi connectivity index (χ2n) is 8.22. The molecule has 1 saturated heterocycles. The maximum absolute atomic E-state index is 12.7. The van der Waals surface area contributed by atoms with Gasteiger partial charge in [0.15, 0.2) is 0 Å². The van der Waals surface area contributed by atoms with E-state index in [1.54, 1.807) is 20.9 Å². The van der Waals surface area contributed by atoms with Crippen molar-refractivity contribution in [1.82, 2.24) is 21.3 Å². The number of nitrogens with one attached hydrogen (secondary N) is 4. The van der Waals surface area contributed by atoms with E-state index in [1.165, 1.54) is 0 Å². The lowest BCUT2D eigenvalue weighted by Gasteiger charge is -2.23. The van der Waals surface area contributed by atoms with E-state index in [-0.39, 0.29) is 30.2 Å². The molecule has 8 heteroatoms. The summed E-state index contributed by atoms with van der Waals surface area (Å²) in [7, 11) is 1.70. The van der Waals surface area contributed by atoms with E-state index in [0.717, 1.165) is 6.42 Å². The minimum atomic E-state index is -0.936. The molecular formula is C20H36N4O4. The lowest BCUT2D eigenvalue weighted by molar-refractivity contribution is -0.140. The zero-order valence-corrected chi connectivity index (χ0v) is 17.8. The standard InChI is InChI=1S/C20H36N4O4/c1-12(2)6-8-16(21-5)19(27)24-15(17(25)20(28)23-13(3)4)9-7-14-10-11-22-18(14)26/h12-16,21H,6-11H2,1-5H3,(H,22,26)(H,23,28)(H,24,27). The number of hydrogen-bond acceptors (Lipinski definition) is 5. The molecule has 0 aromatic heterocycles. The molecule has 0 spiro atoms. The molecule has 8 nitrogen and oxygen atoms in total. The van der Waals surface area contributed by atoms with Crippen LogP contribution in [0.4, 0.5) is 0 Å². The number of hydrogen-bond donors (Lipinski definition) is 4. The van der Waals surface area contributed by atoms with Crippen LogP contribution >= 0.6 is 0 Å². The Kier molecular flexibility index (Phi) is 10.1. The average molecular weight is 397 g/mol. The third-order valence-corrected chi connectivity index (χ3v) is 4.94. The normalized spacial score (nSPS) is 18.7. The molecule has 0 aromatic rings. The Morgan fingerprint density at radius 2 is 1.71 bits per heavy atom. The van der Waals surface area contributed by atoms with Crippen LogP contribution in [-0.4, -0.2) is 55.2 Å². The molecule has 4 N–H and O–H groups in total. The molecule has 160 valence electrons. The van der Waals surface area contributed by atoms with Crippen molar-refractivity contribution >= 4 is 23.5 Å². The molecule has 0 aromatic carbocycles. The Morgan fingerprint density at radius 3 is 2.21 bits per heavy atom. The molecule has 3 unspecified atom stereocenters. The lowest BCUT2D eigenvalue weighted by atomic mass is 9.95. The highest BCUT2D eigenvalue weighted by Crippen LogP contribution is 2.18. The molecular weight excluding hydrogens is 360 g/mol. The summed E-state index contributed by atoms with van der Waals surface area (Å²) in [5.41, 5.74) is 0. The van der Waals surface area contributed by atoms with Gasteiger partial charge in [-0.15, -0.1) is 0 Å². The van der Waals surface area contributed by atoms with Gasteiger partial charge in [0.2, 0.25) is 17.6 Å². The second kappa shape index (κ2) is 11.8. The summed E-state index contributed by atoms with van der Waals surface area (Å²) >= 11 is 0. The largest absolute Gasteiger partial charge is 0.356 e. The van der Waals surface area contributed by atoms with Gasteiger partial charge in [-0.3, -0.25) is 19.2 Å². The van der Waals surface area contributed by atoms with E-state index in [9.17, 15) is 19.2 Å². The minimum Gasteiger partial charge on any atom is -0.356 e. The summed E-state index contributed by atoms with van der Waals surface area (Å²) in [6.45, 7) is 8.33. The van der Waals surface area contributed by atoms with Gasteiger partial charge >= 0.3 is 0 Å². The van der Waals surface area contributed by atoms with Gasteiger partial charge < -0.3 is 21.3 Å². The Hall–Kier alpha value is -1.96. The Labute approximate surface area is 168 Å². The van der Waals surface area contributed by atoms with Crippen molar-refractivity contribution < 1.29 is 19.2 Å². The highest BCUT2D eigenvalue weighted by atomic mass is 16.2. The summed E-state index contributed by atoms with van der Waals surface area (Å²) in [5.74, 6) is -1.43. The molecule has 0 radical (unpaired) electrons. The molecule has 28 heavy (non-hydrogen) atoms. The van der Waals surface area contributed by atoms with Crippen LogP contribution in [-0.2, 0) is 19.2 Å². The zero-order valence-electron chi connectivity index (χ0n) is 17.8. The van der Waals surface area contributed by atoms with Crippen LogP contribution in [0.25, 0.3) is 0 Å². The summed E-state index contributed by atoms with van der Waals surface area (Å²) in [5, 5.41) is 11.1. The van der Waals surface area contributed by atoms with E-state index in [1.807, 2.05) is 0 Å². The van der Waals surface area contributed by atoms with Gasteiger partial charge in [-0.25, -0.2) is 0 Å². The van der Waals surface area contributed by atoms with Crippen LogP contribution in [0, 0.1) is 11.8 Å². The quantitative estimate of drug-likeness (QED) is 0.359. The van der Waals surface area contributed by atoms with Crippen molar-refractivity contribution in [3.8, 4) is 0 Å². The first-order valence-corrected chi connectivity index (χ1v) is 10.3. The van der Waals surface area contributed by atoms with Gasteiger partial charge in [0.05, 0.1) is 12.1 Å². The van der Waals surface area contributed by atoms with Crippen LogP contribution in [0.5, 0.6) is 0 Å². The summed E-state index contributed by atoms with van der Waals surface area (Å²) < 4.78 is 0. The van der Waals surface area contributed by atoms with Crippen molar-refractivity contribution in [1.29, 1.82) is 0 Å². The molecule has 1 rings (SSSR count). The van der Waals surface area contributed by atoms with Gasteiger partial charge in [0, 0.05) is 18.5 Å². The van der Waals surface area contributed by atoms with Gasteiger partial charge in [-0.1, -0.05) is 13.8 Å². The molecule has 1 heterocycles. The molecule has 0 bridgehead atoms. The number of rotatable bonds is 12.